The first-order valence-electron chi connectivity index (χ1n) is 19.6. The van der Waals surface area contributed by atoms with Crippen LogP contribution >= 0.6 is 0 Å². The van der Waals surface area contributed by atoms with Crippen LogP contribution in [0.4, 0.5) is 0 Å². The zero-order chi connectivity index (χ0) is 37.1. The zero-order valence-corrected chi connectivity index (χ0v) is 31.2. The summed E-state index contributed by atoms with van der Waals surface area (Å²) in [4.78, 5) is 0. The van der Waals surface area contributed by atoms with Crippen LogP contribution in [0, 0.1) is 0 Å². The minimum atomic E-state index is -0.217. The number of hydrogen-bond donors (Lipinski definition) is 0. The average molecular weight is 713 g/mol. The molecular formula is C55H36O. The molecule has 0 saturated heterocycles. The summed E-state index contributed by atoms with van der Waals surface area (Å²) in [5.74, 6) is 0. The second-order valence-electron chi connectivity index (χ2n) is 16.0. The smallest absolute Gasteiger partial charge is 0.136 e. The van der Waals surface area contributed by atoms with Crippen LogP contribution in [0.25, 0.3) is 110 Å². The van der Waals surface area contributed by atoms with E-state index in [1.807, 2.05) is 0 Å². The quantitative estimate of drug-likeness (QED) is 0.166. The van der Waals surface area contributed by atoms with Gasteiger partial charge in [0, 0.05) is 16.2 Å². The fraction of sp³-hybridized carbons (Fsp3) is 0.0545. The van der Waals surface area contributed by atoms with Gasteiger partial charge in [0.05, 0.1) is 0 Å². The molecule has 1 nitrogen and oxygen atoms in total. The Kier molecular flexibility index (Phi) is 6.46. The van der Waals surface area contributed by atoms with Crippen molar-refractivity contribution in [1.82, 2.24) is 0 Å². The van der Waals surface area contributed by atoms with E-state index in [-0.39, 0.29) is 5.41 Å². The van der Waals surface area contributed by atoms with Gasteiger partial charge in [-0.15, -0.1) is 0 Å². The zero-order valence-electron chi connectivity index (χ0n) is 31.2. The molecule has 262 valence electrons. The third-order valence-electron chi connectivity index (χ3n) is 12.6. The minimum absolute atomic E-state index is 0.217. The van der Waals surface area contributed by atoms with E-state index in [0.717, 1.165) is 11.2 Å². The molecule has 0 N–H and O–H groups in total. The molecule has 0 aliphatic heterocycles. The molecule has 0 amide bonds. The summed E-state index contributed by atoms with van der Waals surface area (Å²) < 4.78 is 6.85. The van der Waals surface area contributed by atoms with E-state index in [4.69, 9.17) is 4.42 Å². The van der Waals surface area contributed by atoms with Gasteiger partial charge in [-0.1, -0.05) is 166 Å². The van der Waals surface area contributed by atoms with Crippen LogP contribution in [0.3, 0.4) is 0 Å². The Bertz CT molecular complexity index is 3390. The highest BCUT2D eigenvalue weighted by Gasteiger charge is 2.40. The van der Waals surface area contributed by atoms with E-state index in [1.54, 1.807) is 0 Å². The lowest BCUT2D eigenvalue weighted by Gasteiger charge is -2.23. The SMILES string of the molecule is CC1(C)c2ccccc2-c2c(-c3cccc(-c4c5ccccc5c(-c5ccc6ccccc6c5)c5ccccc45)c3)cc3oc4cc5ccccc5cc4c3c21. The van der Waals surface area contributed by atoms with E-state index in [2.05, 4.69) is 196 Å². The molecule has 1 aliphatic carbocycles. The van der Waals surface area contributed by atoms with Gasteiger partial charge in [-0.2, -0.15) is 0 Å². The highest BCUT2D eigenvalue weighted by atomic mass is 16.3. The molecule has 1 aromatic heterocycles. The fourth-order valence-electron chi connectivity index (χ4n) is 10.1. The van der Waals surface area contributed by atoms with Crippen LogP contribution in [-0.2, 0) is 5.41 Å². The first-order chi connectivity index (χ1) is 27.5. The molecule has 0 unspecified atom stereocenters. The number of benzene rings is 10. The van der Waals surface area contributed by atoms with Gasteiger partial charge in [0.1, 0.15) is 11.2 Å². The maximum atomic E-state index is 6.85. The Morgan fingerprint density at radius 3 is 1.61 bits per heavy atom. The Morgan fingerprint density at radius 2 is 0.911 bits per heavy atom. The molecular weight excluding hydrogens is 677 g/mol. The minimum Gasteiger partial charge on any atom is -0.456 e. The standard InChI is InChI=1S/C55H36O/c1-55(2)47-25-12-11-24-44(47)52-45(32-49-53(54(52)55)46-30-35-16-5-6-17-36(35)31-48(46)56-49)37-18-13-19-38(29-37)50-40-20-7-9-22-42(40)51(43-23-10-8-21-41(43)50)39-27-26-33-14-3-4-15-34(33)28-39/h3-32H,1-2H3. The molecule has 56 heavy (non-hydrogen) atoms. The monoisotopic (exact) mass is 712 g/mol. The van der Waals surface area contributed by atoms with Crippen molar-refractivity contribution < 1.29 is 4.42 Å². The first kappa shape index (κ1) is 31.4. The third-order valence-corrected chi connectivity index (χ3v) is 12.6. The van der Waals surface area contributed by atoms with Gasteiger partial charge in [0.25, 0.3) is 0 Å². The van der Waals surface area contributed by atoms with Crippen molar-refractivity contribution in [3.05, 3.63) is 193 Å². The molecule has 0 radical (unpaired) electrons. The lowest BCUT2D eigenvalue weighted by Crippen LogP contribution is -2.15. The highest BCUT2D eigenvalue weighted by molar-refractivity contribution is 6.22. The maximum absolute atomic E-state index is 6.85. The van der Waals surface area contributed by atoms with Gasteiger partial charge < -0.3 is 4.42 Å². The fourth-order valence-corrected chi connectivity index (χ4v) is 10.1. The summed E-state index contributed by atoms with van der Waals surface area (Å²) in [6.07, 6.45) is 0. The molecule has 1 aliphatic rings. The van der Waals surface area contributed by atoms with Crippen LogP contribution in [0.2, 0.25) is 0 Å². The topological polar surface area (TPSA) is 13.1 Å². The van der Waals surface area contributed by atoms with Crippen molar-refractivity contribution in [2.45, 2.75) is 19.3 Å². The molecule has 0 fully saturated rings. The van der Waals surface area contributed by atoms with Crippen LogP contribution in [-0.4, -0.2) is 0 Å². The molecule has 0 spiro atoms. The second kappa shape index (κ2) is 11.5. The number of hydrogen-bond acceptors (Lipinski definition) is 1. The number of fused-ring (bicyclic) bond motifs is 11. The Morgan fingerprint density at radius 1 is 0.357 bits per heavy atom. The van der Waals surface area contributed by atoms with Crippen molar-refractivity contribution in [3.8, 4) is 44.5 Å². The normalized spacial score (nSPS) is 13.3. The van der Waals surface area contributed by atoms with Gasteiger partial charge in [0.2, 0.25) is 0 Å². The largest absolute Gasteiger partial charge is 0.456 e. The molecule has 0 saturated carbocycles. The van der Waals surface area contributed by atoms with Gasteiger partial charge in [-0.3, -0.25) is 0 Å². The van der Waals surface area contributed by atoms with E-state index >= 15 is 0 Å². The second-order valence-corrected chi connectivity index (χ2v) is 16.0. The summed E-state index contributed by atoms with van der Waals surface area (Å²) in [7, 11) is 0. The van der Waals surface area contributed by atoms with Crippen molar-refractivity contribution in [2.75, 3.05) is 0 Å². The van der Waals surface area contributed by atoms with Gasteiger partial charge in [0.15, 0.2) is 0 Å². The molecule has 1 heteroatoms. The summed E-state index contributed by atoms with van der Waals surface area (Å²) in [5.41, 5.74) is 14.3. The Labute approximate surface area is 325 Å². The average Bonchev–Trinajstić information content (AvgIpc) is 3.71. The predicted molar refractivity (Wildman–Crippen MR) is 238 cm³/mol. The number of rotatable bonds is 3. The van der Waals surface area contributed by atoms with Crippen molar-refractivity contribution in [1.29, 1.82) is 0 Å². The van der Waals surface area contributed by atoms with Gasteiger partial charge in [-0.25, -0.2) is 0 Å². The van der Waals surface area contributed by atoms with E-state index in [9.17, 15) is 0 Å². The first-order valence-corrected chi connectivity index (χ1v) is 19.6. The van der Waals surface area contributed by atoms with Gasteiger partial charge >= 0.3 is 0 Å². The summed E-state index contributed by atoms with van der Waals surface area (Å²) in [6.45, 7) is 4.76. The van der Waals surface area contributed by atoms with Crippen LogP contribution < -0.4 is 0 Å². The molecule has 10 aromatic carbocycles. The van der Waals surface area contributed by atoms with Crippen LogP contribution in [0.15, 0.2) is 186 Å². The van der Waals surface area contributed by atoms with Gasteiger partial charge in [-0.05, 0) is 129 Å². The van der Waals surface area contributed by atoms with Crippen LogP contribution in [0.5, 0.6) is 0 Å². The summed E-state index contributed by atoms with van der Waals surface area (Å²) >= 11 is 0. The van der Waals surface area contributed by atoms with E-state index < -0.39 is 0 Å². The highest BCUT2D eigenvalue weighted by Crippen LogP contribution is 2.57. The Balaban J connectivity index is 1.13. The molecule has 0 bridgehead atoms. The number of furan rings is 1. The summed E-state index contributed by atoms with van der Waals surface area (Å²) in [6, 6.07) is 67.1. The lowest BCUT2D eigenvalue weighted by molar-refractivity contribution is 0.657. The maximum Gasteiger partial charge on any atom is 0.136 e. The van der Waals surface area contributed by atoms with Crippen molar-refractivity contribution in [3.63, 3.8) is 0 Å². The molecule has 0 atom stereocenters. The molecule has 11 aromatic rings. The van der Waals surface area contributed by atoms with Crippen molar-refractivity contribution >= 4 is 65.0 Å². The molecule has 1 heterocycles. The summed E-state index contributed by atoms with van der Waals surface area (Å²) in [5, 5.41) is 12.4. The predicted octanol–water partition coefficient (Wildman–Crippen LogP) is 15.5. The van der Waals surface area contributed by atoms with E-state index in [0.29, 0.717) is 0 Å². The Hall–Kier alpha value is -6.96. The lowest BCUT2D eigenvalue weighted by atomic mass is 9.79. The third kappa shape index (κ3) is 4.37. The van der Waals surface area contributed by atoms with Crippen molar-refractivity contribution in [2.24, 2.45) is 0 Å². The van der Waals surface area contributed by atoms with Crippen LogP contribution in [0.1, 0.15) is 25.0 Å². The molecule has 12 rings (SSSR count). The van der Waals surface area contributed by atoms with E-state index in [1.165, 1.54) is 109 Å².